The minimum atomic E-state index is -1.05. The predicted octanol–water partition coefficient (Wildman–Crippen LogP) is 4.26. The normalized spacial score (nSPS) is 12.1. The van der Waals surface area contributed by atoms with Crippen molar-refractivity contribution < 1.29 is 18.7 Å². The zero-order valence-electron chi connectivity index (χ0n) is 12.3. The molecule has 0 aliphatic carbocycles. The van der Waals surface area contributed by atoms with E-state index < -0.39 is 17.8 Å². The van der Waals surface area contributed by atoms with Gasteiger partial charge in [-0.2, -0.15) is 11.3 Å². The van der Waals surface area contributed by atoms with Gasteiger partial charge in [-0.05, 0) is 35.7 Å². The van der Waals surface area contributed by atoms with Gasteiger partial charge in [-0.15, -0.1) is 0 Å². The monoisotopic (exact) mass is 365 g/mol. The highest BCUT2D eigenvalue weighted by Gasteiger charge is 2.19. The second-order valence-corrected chi connectivity index (χ2v) is 6.22. The molecule has 0 bridgehead atoms. The zero-order chi connectivity index (χ0) is 17.1. The number of carbonyl (C=O) groups excluding carboxylic acids is 1. The van der Waals surface area contributed by atoms with Gasteiger partial charge < -0.3 is 14.8 Å². The number of hydrogen-bond acceptors (Lipinski definition) is 4. The number of rotatable bonds is 5. The molecule has 1 unspecified atom stereocenters. The van der Waals surface area contributed by atoms with Crippen LogP contribution in [0.4, 0.5) is 4.39 Å². The number of thiophene rings is 1. The van der Waals surface area contributed by atoms with Crippen LogP contribution in [0.5, 0.6) is 0 Å². The summed E-state index contributed by atoms with van der Waals surface area (Å²) in [5.41, 5.74) is 0.672. The maximum atomic E-state index is 13.7. The van der Waals surface area contributed by atoms with Gasteiger partial charge in [0.15, 0.2) is 0 Å². The molecule has 0 fully saturated rings. The Bertz CT molecular complexity index is 827. The summed E-state index contributed by atoms with van der Waals surface area (Å²) in [6.07, 6.45) is -1.05. The summed E-state index contributed by atoms with van der Waals surface area (Å²) in [7, 11) is 0. The smallest absolute Gasteiger partial charge is 0.255 e. The second kappa shape index (κ2) is 7.17. The van der Waals surface area contributed by atoms with Crippen molar-refractivity contribution in [1.29, 1.82) is 0 Å². The molecule has 1 atom stereocenters. The minimum Gasteiger partial charge on any atom is -0.458 e. The molecule has 2 heterocycles. The summed E-state index contributed by atoms with van der Waals surface area (Å²) in [5, 5.41) is 16.4. The number of nitrogens with one attached hydrogen (secondary N) is 1. The fourth-order valence-corrected chi connectivity index (χ4v) is 3.08. The molecule has 7 heteroatoms. The van der Waals surface area contributed by atoms with Crippen LogP contribution in [-0.4, -0.2) is 17.6 Å². The molecule has 1 amide bonds. The highest BCUT2D eigenvalue weighted by Crippen LogP contribution is 2.27. The van der Waals surface area contributed by atoms with E-state index in [-0.39, 0.29) is 17.1 Å². The number of aliphatic hydroxyl groups is 1. The predicted molar refractivity (Wildman–Crippen MR) is 90.7 cm³/mol. The topological polar surface area (TPSA) is 62.5 Å². The minimum absolute atomic E-state index is 0.0136. The summed E-state index contributed by atoms with van der Waals surface area (Å²) < 4.78 is 19.3. The second-order valence-electron chi connectivity index (χ2n) is 5.04. The van der Waals surface area contributed by atoms with Crippen LogP contribution < -0.4 is 5.32 Å². The fraction of sp³-hybridized carbons (Fsp3) is 0.118. The molecule has 3 rings (SSSR count). The average molecular weight is 366 g/mol. The Hall–Kier alpha value is -2.15. The van der Waals surface area contributed by atoms with Crippen LogP contribution in [0.15, 0.2) is 51.6 Å². The molecule has 0 aliphatic heterocycles. The Kier molecular flexibility index (Phi) is 4.99. The van der Waals surface area contributed by atoms with Crippen LogP contribution >= 0.6 is 22.9 Å². The number of hydrogen-bond donors (Lipinski definition) is 2. The number of amides is 1. The van der Waals surface area contributed by atoms with Crippen LogP contribution in [0.1, 0.15) is 22.2 Å². The molecular weight excluding hydrogens is 353 g/mol. The lowest BCUT2D eigenvalue weighted by molar-refractivity contribution is 0.0898. The van der Waals surface area contributed by atoms with E-state index >= 15 is 0 Å². The molecule has 124 valence electrons. The number of benzene rings is 1. The maximum absolute atomic E-state index is 13.7. The van der Waals surface area contributed by atoms with E-state index in [4.69, 9.17) is 16.0 Å². The molecule has 0 saturated heterocycles. The van der Waals surface area contributed by atoms with Crippen molar-refractivity contribution in [2.45, 2.75) is 6.10 Å². The lowest BCUT2D eigenvalue weighted by Crippen LogP contribution is -2.29. The van der Waals surface area contributed by atoms with E-state index in [0.29, 0.717) is 11.5 Å². The third-order valence-corrected chi connectivity index (χ3v) is 4.40. The quantitative estimate of drug-likeness (QED) is 0.710. The van der Waals surface area contributed by atoms with E-state index in [9.17, 15) is 14.3 Å². The van der Waals surface area contributed by atoms with Crippen LogP contribution in [0, 0.1) is 5.82 Å². The lowest BCUT2D eigenvalue weighted by atomic mass is 10.2. The molecule has 3 aromatic rings. The molecule has 0 aliphatic rings. The van der Waals surface area contributed by atoms with E-state index in [0.717, 1.165) is 11.6 Å². The fourth-order valence-electron chi connectivity index (χ4n) is 2.18. The van der Waals surface area contributed by atoms with Crippen LogP contribution in [0.2, 0.25) is 5.02 Å². The summed E-state index contributed by atoms with van der Waals surface area (Å²) in [4.78, 5) is 12.0. The van der Waals surface area contributed by atoms with Crippen LogP contribution in [0.25, 0.3) is 11.3 Å². The van der Waals surface area contributed by atoms with Crippen molar-refractivity contribution in [3.63, 3.8) is 0 Å². The van der Waals surface area contributed by atoms with Crippen LogP contribution in [0.3, 0.4) is 0 Å². The van der Waals surface area contributed by atoms with Gasteiger partial charge in [-0.3, -0.25) is 4.79 Å². The average Bonchev–Trinajstić information content (AvgIpc) is 3.23. The molecule has 0 radical (unpaired) electrons. The van der Waals surface area contributed by atoms with E-state index in [1.54, 1.807) is 12.1 Å². The molecule has 2 aromatic heterocycles. The van der Waals surface area contributed by atoms with Crippen molar-refractivity contribution in [3.8, 4) is 11.3 Å². The zero-order valence-corrected chi connectivity index (χ0v) is 13.9. The first-order valence-electron chi connectivity index (χ1n) is 7.09. The number of aliphatic hydroxyl groups excluding tert-OH is 1. The van der Waals surface area contributed by atoms with Gasteiger partial charge in [0.1, 0.15) is 23.4 Å². The van der Waals surface area contributed by atoms with Crippen molar-refractivity contribution in [3.05, 3.63) is 69.3 Å². The molecular formula is C17H13ClFNO3S. The molecule has 0 saturated carbocycles. The van der Waals surface area contributed by atoms with Gasteiger partial charge in [0.05, 0.1) is 17.1 Å². The first kappa shape index (κ1) is 16.7. The Labute approximate surface area is 146 Å². The Morgan fingerprint density at radius 1 is 1.33 bits per heavy atom. The van der Waals surface area contributed by atoms with Crippen molar-refractivity contribution >= 4 is 28.8 Å². The highest BCUT2D eigenvalue weighted by atomic mass is 35.5. The third kappa shape index (κ3) is 3.51. The number of furan rings is 1. The summed E-state index contributed by atoms with van der Waals surface area (Å²) >= 11 is 7.38. The SMILES string of the molecule is O=C(NCC(O)c1ccc(-c2ccsc2)o1)c1c(F)cccc1Cl. The number of carbonyl (C=O) groups is 1. The standard InChI is InChI=1S/C17H13ClFNO3S/c18-11-2-1-3-12(19)16(11)17(22)20-8-13(21)15-5-4-14(23-15)10-6-7-24-9-10/h1-7,9,13,21H,8H2,(H,20,22). The summed E-state index contributed by atoms with van der Waals surface area (Å²) in [6, 6.07) is 9.28. The van der Waals surface area contributed by atoms with Crippen molar-refractivity contribution in [1.82, 2.24) is 5.32 Å². The Morgan fingerprint density at radius 2 is 2.17 bits per heavy atom. The molecule has 24 heavy (non-hydrogen) atoms. The first-order chi connectivity index (χ1) is 11.6. The lowest BCUT2D eigenvalue weighted by Gasteiger charge is -2.11. The summed E-state index contributed by atoms with van der Waals surface area (Å²) in [6.45, 7) is -0.125. The molecule has 2 N–H and O–H groups in total. The Morgan fingerprint density at radius 3 is 2.88 bits per heavy atom. The van der Waals surface area contributed by atoms with E-state index in [2.05, 4.69) is 5.32 Å². The summed E-state index contributed by atoms with van der Waals surface area (Å²) in [5.74, 6) is -0.459. The van der Waals surface area contributed by atoms with Crippen LogP contribution in [-0.2, 0) is 0 Å². The van der Waals surface area contributed by atoms with Gasteiger partial charge in [0, 0.05) is 10.9 Å². The van der Waals surface area contributed by atoms with Gasteiger partial charge in [0.25, 0.3) is 5.91 Å². The largest absolute Gasteiger partial charge is 0.458 e. The first-order valence-corrected chi connectivity index (χ1v) is 8.41. The Balaban J connectivity index is 1.65. The van der Waals surface area contributed by atoms with Gasteiger partial charge in [-0.1, -0.05) is 17.7 Å². The van der Waals surface area contributed by atoms with Crippen molar-refractivity contribution in [2.75, 3.05) is 6.54 Å². The maximum Gasteiger partial charge on any atom is 0.255 e. The molecule has 0 spiro atoms. The molecule has 1 aromatic carbocycles. The third-order valence-electron chi connectivity index (χ3n) is 3.41. The number of halogens is 2. The van der Waals surface area contributed by atoms with E-state index in [1.807, 2.05) is 16.8 Å². The highest BCUT2D eigenvalue weighted by molar-refractivity contribution is 7.08. The molecule has 4 nitrogen and oxygen atoms in total. The van der Waals surface area contributed by atoms with Crippen molar-refractivity contribution in [2.24, 2.45) is 0 Å². The van der Waals surface area contributed by atoms with Gasteiger partial charge >= 0.3 is 0 Å². The van der Waals surface area contributed by atoms with Gasteiger partial charge in [-0.25, -0.2) is 4.39 Å². The van der Waals surface area contributed by atoms with Gasteiger partial charge in [0.2, 0.25) is 0 Å². The van der Waals surface area contributed by atoms with E-state index in [1.165, 1.54) is 23.5 Å².